The molecule has 0 bridgehead atoms. The summed E-state index contributed by atoms with van der Waals surface area (Å²) in [7, 11) is 0. The first kappa shape index (κ1) is 9.45. The van der Waals surface area contributed by atoms with Crippen LogP contribution in [0.1, 0.15) is 12.0 Å². The maximum atomic E-state index is 10.2. The Labute approximate surface area is 82.5 Å². The molecule has 0 saturated heterocycles. The van der Waals surface area contributed by atoms with E-state index < -0.39 is 5.60 Å². The number of hydrogen-bond donors (Lipinski definition) is 3. The van der Waals surface area contributed by atoms with Crippen LogP contribution in [-0.2, 0) is 5.60 Å². The molecule has 1 unspecified atom stereocenters. The van der Waals surface area contributed by atoms with Crippen LogP contribution in [0.25, 0.3) is 0 Å². The van der Waals surface area contributed by atoms with Gasteiger partial charge in [0.25, 0.3) is 0 Å². The molecule has 1 atom stereocenters. The SMILES string of the molecule is NCCC1(O)CN(O)c2ccccc21. The van der Waals surface area contributed by atoms with E-state index in [1.807, 2.05) is 18.2 Å². The molecule has 1 aliphatic rings. The molecule has 1 heterocycles. The molecule has 4 nitrogen and oxygen atoms in total. The van der Waals surface area contributed by atoms with Gasteiger partial charge >= 0.3 is 0 Å². The van der Waals surface area contributed by atoms with Crippen molar-refractivity contribution in [2.75, 3.05) is 18.2 Å². The highest BCUT2D eigenvalue weighted by Crippen LogP contribution is 2.39. The highest BCUT2D eigenvalue weighted by atomic mass is 16.5. The van der Waals surface area contributed by atoms with Crippen molar-refractivity contribution in [3.63, 3.8) is 0 Å². The normalized spacial score (nSPS) is 25.2. The number of β-amino-alcohol motifs (C(OH)–C–C–N with tert-alkyl or cyclic N) is 1. The van der Waals surface area contributed by atoms with E-state index >= 15 is 0 Å². The Morgan fingerprint density at radius 3 is 2.86 bits per heavy atom. The summed E-state index contributed by atoms with van der Waals surface area (Å²) in [5.74, 6) is 0. The Morgan fingerprint density at radius 1 is 1.43 bits per heavy atom. The predicted molar refractivity (Wildman–Crippen MR) is 53.1 cm³/mol. The third kappa shape index (κ3) is 1.28. The lowest BCUT2D eigenvalue weighted by molar-refractivity contribution is 0.0323. The van der Waals surface area contributed by atoms with E-state index in [2.05, 4.69) is 0 Å². The first-order chi connectivity index (χ1) is 6.67. The molecule has 1 aliphatic heterocycles. The summed E-state index contributed by atoms with van der Waals surface area (Å²) < 4.78 is 0. The van der Waals surface area contributed by atoms with Crippen LogP contribution in [-0.4, -0.2) is 23.4 Å². The molecule has 0 saturated carbocycles. The molecule has 1 aromatic rings. The van der Waals surface area contributed by atoms with Crippen LogP contribution in [0.4, 0.5) is 5.69 Å². The molecule has 2 rings (SSSR count). The highest BCUT2D eigenvalue weighted by molar-refractivity contribution is 5.59. The minimum Gasteiger partial charge on any atom is -0.383 e. The zero-order chi connectivity index (χ0) is 10.2. The van der Waals surface area contributed by atoms with Crippen molar-refractivity contribution in [2.24, 2.45) is 5.73 Å². The van der Waals surface area contributed by atoms with E-state index in [0.29, 0.717) is 18.7 Å². The third-order valence-corrected chi connectivity index (χ3v) is 2.65. The fraction of sp³-hybridized carbons (Fsp3) is 0.400. The van der Waals surface area contributed by atoms with Crippen molar-refractivity contribution in [1.82, 2.24) is 0 Å². The van der Waals surface area contributed by atoms with E-state index in [-0.39, 0.29) is 6.54 Å². The van der Waals surface area contributed by atoms with Gasteiger partial charge in [-0.15, -0.1) is 0 Å². The molecular formula is C10H14N2O2. The largest absolute Gasteiger partial charge is 0.383 e. The van der Waals surface area contributed by atoms with Gasteiger partial charge in [0.1, 0.15) is 5.60 Å². The van der Waals surface area contributed by atoms with Crippen molar-refractivity contribution in [1.29, 1.82) is 0 Å². The van der Waals surface area contributed by atoms with Gasteiger partial charge < -0.3 is 10.8 Å². The predicted octanol–water partition coefficient (Wildman–Crippen LogP) is 0.432. The lowest BCUT2D eigenvalue weighted by Gasteiger charge is -2.21. The molecule has 0 aromatic heterocycles. The monoisotopic (exact) mass is 194 g/mol. The van der Waals surface area contributed by atoms with Crippen LogP contribution in [0.3, 0.4) is 0 Å². The second-order valence-corrected chi connectivity index (χ2v) is 3.65. The Balaban J connectivity index is 2.43. The number of benzene rings is 1. The molecule has 0 spiro atoms. The summed E-state index contributed by atoms with van der Waals surface area (Å²) in [5.41, 5.74) is 5.86. The molecule has 14 heavy (non-hydrogen) atoms. The van der Waals surface area contributed by atoms with Gasteiger partial charge in [-0.1, -0.05) is 18.2 Å². The summed E-state index contributed by atoms with van der Waals surface area (Å²) in [6, 6.07) is 7.28. The number of para-hydroxylation sites is 1. The molecule has 1 aromatic carbocycles. The van der Waals surface area contributed by atoms with Crippen LogP contribution in [0, 0.1) is 0 Å². The molecule has 0 radical (unpaired) electrons. The number of fused-ring (bicyclic) bond motifs is 1. The van der Waals surface area contributed by atoms with E-state index in [1.165, 1.54) is 0 Å². The van der Waals surface area contributed by atoms with Crippen LogP contribution in [0.15, 0.2) is 24.3 Å². The molecule has 76 valence electrons. The average molecular weight is 194 g/mol. The Morgan fingerprint density at radius 2 is 2.14 bits per heavy atom. The van der Waals surface area contributed by atoms with E-state index in [0.717, 1.165) is 10.6 Å². The molecular weight excluding hydrogens is 180 g/mol. The van der Waals surface area contributed by atoms with Crippen molar-refractivity contribution < 1.29 is 10.3 Å². The Hall–Kier alpha value is -1.10. The van der Waals surface area contributed by atoms with Crippen molar-refractivity contribution >= 4 is 5.69 Å². The Bertz CT molecular complexity index is 343. The number of rotatable bonds is 2. The zero-order valence-corrected chi connectivity index (χ0v) is 7.85. The van der Waals surface area contributed by atoms with Crippen LogP contribution in [0.5, 0.6) is 0 Å². The van der Waals surface area contributed by atoms with Crippen LogP contribution >= 0.6 is 0 Å². The minimum absolute atomic E-state index is 0.198. The average Bonchev–Trinajstić information content (AvgIpc) is 2.41. The number of anilines is 1. The number of hydrogen-bond acceptors (Lipinski definition) is 4. The molecule has 4 heteroatoms. The fourth-order valence-corrected chi connectivity index (χ4v) is 1.96. The van der Waals surface area contributed by atoms with Gasteiger partial charge in [-0.25, -0.2) is 0 Å². The summed E-state index contributed by atoms with van der Waals surface area (Å²) in [6.07, 6.45) is 0.459. The highest BCUT2D eigenvalue weighted by Gasteiger charge is 2.39. The molecule has 4 N–H and O–H groups in total. The number of nitrogens with zero attached hydrogens (tertiary/aromatic N) is 1. The lowest BCUT2D eigenvalue weighted by Crippen LogP contribution is -2.33. The lowest BCUT2D eigenvalue weighted by atomic mass is 9.93. The minimum atomic E-state index is -1.000. The topological polar surface area (TPSA) is 69.7 Å². The van der Waals surface area contributed by atoms with Gasteiger partial charge in [-0.05, 0) is 19.0 Å². The van der Waals surface area contributed by atoms with Gasteiger partial charge in [0, 0.05) is 5.56 Å². The first-order valence-electron chi connectivity index (χ1n) is 4.66. The number of aliphatic hydroxyl groups is 1. The second-order valence-electron chi connectivity index (χ2n) is 3.65. The van der Waals surface area contributed by atoms with Crippen LogP contribution < -0.4 is 10.8 Å². The summed E-state index contributed by atoms with van der Waals surface area (Å²) in [5, 5.41) is 20.9. The first-order valence-corrected chi connectivity index (χ1v) is 4.66. The van der Waals surface area contributed by atoms with Crippen molar-refractivity contribution in [2.45, 2.75) is 12.0 Å². The maximum absolute atomic E-state index is 10.2. The van der Waals surface area contributed by atoms with Gasteiger partial charge in [-0.3, -0.25) is 10.3 Å². The standard InChI is InChI=1S/C10H14N2O2/c11-6-5-10(13)7-12(14)9-4-2-1-3-8(9)10/h1-4,13-14H,5-7,11H2. The smallest absolute Gasteiger partial charge is 0.113 e. The number of hydroxylamine groups is 1. The number of nitrogens with two attached hydrogens (primary N) is 1. The molecule has 0 amide bonds. The summed E-state index contributed by atoms with van der Waals surface area (Å²) in [6.45, 7) is 0.599. The third-order valence-electron chi connectivity index (χ3n) is 2.65. The second kappa shape index (κ2) is 3.24. The fourth-order valence-electron chi connectivity index (χ4n) is 1.96. The van der Waals surface area contributed by atoms with Gasteiger partial charge in [-0.2, -0.15) is 0 Å². The van der Waals surface area contributed by atoms with E-state index in [9.17, 15) is 10.3 Å². The maximum Gasteiger partial charge on any atom is 0.113 e. The summed E-state index contributed by atoms with van der Waals surface area (Å²) in [4.78, 5) is 0. The summed E-state index contributed by atoms with van der Waals surface area (Å²) >= 11 is 0. The molecule has 0 aliphatic carbocycles. The van der Waals surface area contributed by atoms with Gasteiger partial charge in [0.05, 0.1) is 12.2 Å². The van der Waals surface area contributed by atoms with Crippen molar-refractivity contribution in [3.05, 3.63) is 29.8 Å². The van der Waals surface area contributed by atoms with Crippen LogP contribution in [0.2, 0.25) is 0 Å². The van der Waals surface area contributed by atoms with E-state index in [1.54, 1.807) is 6.07 Å². The van der Waals surface area contributed by atoms with Gasteiger partial charge in [0.15, 0.2) is 0 Å². The van der Waals surface area contributed by atoms with Gasteiger partial charge in [0.2, 0.25) is 0 Å². The van der Waals surface area contributed by atoms with E-state index in [4.69, 9.17) is 5.73 Å². The zero-order valence-electron chi connectivity index (χ0n) is 7.85. The quantitative estimate of drug-likeness (QED) is 0.638. The molecule has 0 fully saturated rings. The Kier molecular flexibility index (Phi) is 2.19. The van der Waals surface area contributed by atoms with Crippen molar-refractivity contribution in [3.8, 4) is 0 Å².